The quantitative estimate of drug-likeness (QED) is 0.427. The molecule has 0 saturated carbocycles. The average molecular weight is 476 g/mol. The third-order valence-corrected chi connectivity index (χ3v) is 6.56. The van der Waals surface area contributed by atoms with E-state index in [2.05, 4.69) is 15.4 Å². The Morgan fingerprint density at radius 1 is 0.970 bits per heavy atom. The van der Waals surface area contributed by atoms with E-state index in [0.29, 0.717) is 62.5 Å². The number of benzene rings is 2. The Morgan fingerprint density at radius 2 is 1.76 bits per heavy atom. The molecule has 3 rings (SSSR count). The van der Waals surface area contributed by atoms with Crippen LogP contribution in [0.1, 0.15) is 41.6 Å². The first kappa shape index (κ1) is 24.5. The second kappa shape index (κ2) is 11.7. The lowest BCUT2D eigenvalue weighted by Gasteiger charge is -2.18. The zero-order valence-electron chi connectivity index (χ0n) is 18.6. The molecular weight excluding hydrogens is 446 g/mol. The fraction of sp³-hybridized carbons (Fsp3) is 0.391. The Balaban J connectivity index is 1.33. The summed E-state index contributed by atoms with van der Waals surface area (Å²) in [5.74, 6) is 0.707. The van der Waals surface area contributed by atoms with Gasteiger partial charge in [0.25, 0.3) is 5.91 Å². The van der Waals surface area contributed by atoms with Crippen LogP contribution in [0.3, 0.4) is 0 Å². The second-order valence-electron chi connectivity index (χ2n) is 7.57. The maximum Gasteiger partial charge on any atom is 0.251 e. The van der Waals surface area contributed by atoms with Gasteiger partial charge in [0.1, 0.15) is 13.2 Å². The highest BCUT2D eigenvalue weighted by molar-refractivity contribution is 7.89. The van der Waals surface area contributed by atoms with Crippen LogP contribution >= 0.6 is 0 Å². The van der Waals surface area contributed by atoms with Crippen LogP contribution in [-0.4, -0.2) is 47.0 Å². The predicted octanol–water partition coefficient (Wildman–Crippen LogP) is 1.97. The van der Waals surface area contributed by atoms with E-state index < -0.39 is 10.0 Å². The number of hydrogen-bond acceptors (Lipinski definition) is 6. The number of unbranched alkanes of at least 4 members (excludes halogenated alkanes) is 2. The lowest BCUT2D eigenvalue weighted by Crippen LogP contribution is -2.25. The van der Waals surface area contributed by atoms with E-state index in [-0.39, 0.29) is 23.3 Å². The Morgan fingerprint density at radius 3 is 2.55 bits per heavy atom. The molecule has 1 heterocycles. The minimum atomic E-state index is -3.64. The summed E-state index contributed by atoms with van der Waals surface area (Å²) in [6.07, 6.45) is 2.33. The summed E-state index contributed by atoms with van der Waals surface area (Å²) >= 11 is 0. The van der Waals surface area contributed by atoms with Crippen molar-refractivity contribution in [3.63, 3.8) is 0 Å². The Kier molecular flexibility index (Phi) is 8.67. The van der Waals surface area contributed by atoms with Gasteiger partial charge in [-0.3, -0.25) is 9.59 Å². The molecular formula is C23H29N3O6S. The van der Waals surface area contributed by atoms with Crippen LogP contribution in [0, 0.1) is 0 Å². The largest absolute Gasteiger partial charge is 0.486 e. The molecule has 0 saturated heterocycles. The van der Waals surface area contributed by atoms with Gasteiger partial charge in [0.05, 0.1) is 4.90 Å². The van der Waals surface area contributed by atoms with Crippen molar-refractivity contribution in [3.05, 3.63) is 53.6 Å². The van der Waals surface area contributed by atoms with Crippen molar-refractivity contribution in [2.75, 3.05) is 26.8 Å². The molecule has 1 aliphatic rings. The first-order valence-electron chi connectivity index (χ1n) is 10.9. The zero-order valence-corrected chi connectivity index (χ0v) is 19.4. The monoisotopic (exact) mass is 475 g/mol. The van der Waals surface area contributed by atoms with Crippen LogP contribution in [0.2, 0.25) is 0 Å². The van der Waals surface area contributed by atoms with Crippen LogP contribution in [-0.2, 0) is 21.4 Å². The SMILES string of the molecule is CNC(=O)c1cccc(CNC(=O)CCCCCNS(=O)(=O)c2ccc3c(c2)OCCO3)c1. The third kappa shape index (κ3) is 7.19. The molecule has 2 aromatic rings. The highest BCUT2D eigenvalue weighted by Gasteiger charge is 2.19. The van der Waals surface area contributed by atoms with Crippen molar-refractivity contribution in [1.82, 2.24) is 15.4 Å². The molecule has 9 nitrogen and oxygen atoms in total. The first-order chi connectivity index (χ1) is 15.9. The predicted molar refractivity (Wildman–Crippen MR) is 123 cm³/mol. The van der Waals surface area contributed by atoms with E-state index in [1.807, 2.05) is 6.07 Å². The van der Waals surface area contributed by atoms with E-state index in [1.165, 1.54) is 12.1 Å². The molecule has 0 spiro atoms. The van der Waals surface area contributed by atoms with Crippen molar-refractivity contribution < 1.29 is 27.5 Å². The average Bonchev–Trinajstić information content (AvgIpc) is 2.84. The summed E-state index contributed by atoms with van der Waals surface area (Å²) in [6.45, 7) is 1.46. The maximum atomic E-state index is 12.5. The van der Waals surface area contributed by atoms with E-state index in [1.54, 1.807) is 31.3 Å². The number of carbonyl (C=O) groups excluding carboxylic acids is 2. The number of amides is 2. The molecule has 0 aliphatic carbocycles. The van der Waals surface area contributed by atoms with Crippen LogP contribution in [0.25, 0.3) is 0 Å². The second-order valence-corrected chi connectivity index (χ2v) is 9.34. The number of hydrogen-bond donors (Lipinski definition) is 3. The molecule has 0 aromatic heterocycles. The lowest BCUT2D eigenvalue weighted by atomic mass is 10.1. The van der Waals surface area contributed by atoms with Gasteiger partial charge >= 0.3 is 0 Å². The fourth-order valence-electron chi connectivity index (χ4n) is 3.32. The van der Waals surface area contributed by atoms with Crippen molar-refractivity contribution in [1.29, 1.82) is 0 Å². The lowest BCUT2D eigenvalue weighted by molar-refractivity contribution is -0.121. The van der Waals surface area contributed by atoms with Crippen molar-refractivity contribution in [2.45, 2.75) is 37.1 Å². The van der Waals surface area contributed by atoms with Gasteiger partial charge < -0.3 is 20.1 Å². The van der Waals surface area contributed by atoms with Crippen molar-refractivity contribution >= 4 is 21.8 Å². The number of sulfonamides is 1. The number of carbonyl (C=O) groups is 2. The van der Waals surface area contributed by atoms with E-state index in [4.69, 9.17) is 9.47 Å². The molecule has 0 radical (unpaired) electrons. The van der Waals surface area contributed by atoms with Crippen LogP contribution in [0.4, 0.5) is 0 Å². The molecule has 33 heavy (non-hydrogen) atoms. The topological polar surface area (TPSA) is 123 Å². The smallest absolute Gasteiger partial charge is 0.251 e. The standard InChI is InChI=1S/C23H29N3O6S/c1-24-23(28)18-7-5-6-17(14-18)16-25-22(27)8-3-2-4-11-26-33(29,30)19-9-10-20-21(15-19)32-13-12-31-20/h5-7,9-10,14-15,26H,2-4,8,11-13,16H2,1H3,(H,24,28)(H,25,27). The molecule has 10 heteroatoms. The Hall–Kier alpha value is -3.11. The third-order valence-electron chi connectivity index (χ3n) is 5.10. The molecule has 2 amide bonds. The molecule has 2 aromatic carbocycles. The zero-order chi connectivity index (χ0) is 23.7. The maximum absolute atomic E-state index is 12.5. The van der Waals surface area contributed by atoms with Gasteiger partial charge in [0, 0.05) is 38.2 Å². The highest BCUT2D eigenvalue weighted by Crippen LogP contribution is 2.32. The number of ether oxygens (including phenoxy) is 2. The van der Waals surface area contributed by atoms with E-state index >= 15 is 0 Å². The summed E-state index contributed by atoms with van der Waals surface area (Å²) < 4.78 is 38.4. The normalized spacial score (nSPS) is 12.8. The van der Waals surface area contributed by atoms with Gasteiger partial charge in [-0.25, -0.2) is 13.1 Å². The molecule has 0 unspecified atom stereocenters. The van der Waals surface area contributed by atoms with Gasteiger partial charge in [-0.1, -0.05) is 18.6 Å². The summed E-state index contributed by atoms with van der Waals surface area (Å²) in [6, 6.07) is 11.6. The summed E-state index contributed by atoms with van der Waals surface area (Å²) in [5, 5.41) is 5.41. The molecule has 178 valence electrons. The van der Waals surface area contributed by atoms with Crippen LogP contribution in [0.5, 0.6) is 11.5 Å². The van der Waals surface area contributed by atoms with Crippen molar-refractivity contribution in [3.8, 4) is 11.5 Å². The minimum Gasteiger partial charge on any atom is -0.486 e. The Labute approximate surface area is 193 Å². The minimum absolute atomic E-state index is 0.0859. The van der Waals surface area contributed by atoms with Gasteiger partial charge in [-0.2, -0.15) is 0 Å². The van der Waals surface area contributed by atoms with Gasteiger partial charge in [-0.15, -0.1) is 0 Å². The number of fused-ring (bicyclic) bond motifs is 1. The highest BCUT2D eigenvalue weighted by atomic mass is 32.2. The number of nitrogens with one attached hydrogen (secondary N) is 3. The van der Waals surface area contributed by atoms with E-state index in [0.717, 1.165) is 5.56 Å². The fourth-order valence-corrected chi connectivity index (χ4v) is 4.41. The van der Waals surface area contributed by atoms with Gasteiger partial charge in [0.15, 0.2) is 11.5 Å². The molecule has 0 fully saturated rings. The first-order valence-corrected chi connectivity index (χ1v) is 12.3. The number of rotatable bonds is 11. The Bertz CT molecular complexity index is 1090. The molecule has 0 bridgehead atoms. The van der Waals surface area contributed by atoms with Gasteiger partial charge in [-0.05, 0) is 42.7 Å². The van der Waals surface area contributed by atoms with Crippen LogP contribution < -0.4 is 24.8 Å². The van der Waals surface area contributed by atoms with Crippen LogP contribution in [0.15, 0.2) is 47.4 Å². The summed E-state index contributed by atoms with van der Waals surface area (Å²) in [7, 11) is -2.07. The molecule has 0 atom stereocenters. The van der Waals surface area contributed by atoms with Gasteiger partial charge in [0.2, 0.25) is 15.9 Å². The summed E-state index contributed by atoms with van der Waals surface area (Å²) in [5.41, 5.74) is 1.39. The van der Waals surface area contributed by atoms with E-state index in [9.17, 15) is 18.0 Å². The summed E-state index contributed by atoms with van der Waals surface area (Å²) in [4.78, 5) is 23.9. The molecule has 1 aliphatic heterocycles. The van der Waals surface area contributed by atoms with Crippen molar-refractivity contribution in [2.24, 2.45) is 0 Å². The molecule has 3 N–H and O–H groups in total.